The van der Waals surface area contributed by atoms with E-state index in [0.717, 1.165) is 0 Å². The maximum Gasteiger partial charge on any atom is 0.0963 e. The number of ether oxygens (including phenoxy) is 1. The summed E-state index contributed by atoms with van der Waals surface area (Å²) in [5.74, 6) is 0. The fourth-order valence-electron chi connectivity index (χ4n) is 1.99. The number of hydrogen-bond acceptors (Lipinski definition) is 1. The van der Waals surface area contributed by atoms with Gasteiger partial charge in [-0.2, -0.15) is 0 Å². The Morgan fingerprint density at radius 3 is 2.47 bits per heavy atom. The van der Waals surface area contributed by atoms with E-state index in [4.69, 9.17) is 4.74 Å². The van der Waals surface area contributed by atoms with E-state index >= 15 is 0 Å². The Morgan fingerprint density at radius 2 is 1.88 bits per heavy atom. The van der Waals surface area contributed by atoms with Crippen molar-refractivity contribution in [2.75, 3.05) is 0 Å². The first-order chi connectivity index (χ1) is 8.01. The van der Waals surface area contributed by atoms with Crippen molar-refractivity contribution < 1.29 is 4.74 Å². The van der Waals surface area contributed by atoms with Crippen LogP contribution in [0.25, 0.3) is 6.08 Å². The van der Waals surface area contributed by atoms with Gasteiger partial charge in [0, 0.05) is 11.0 Å². The summed E-state index contributed by atoms with van der Waals surface area (Å²) < 4.78 is 5.86. The zero-order chi connectivity index (χ0) is 12.5. The predicted molar refractivity (Wildman–Crippen MR) is 71.7 cm³/mol. The van der Waals surface area contributed by atoms with E-state index < -0.39 is 0 Å². The maximum atomic E-state index is 5.86. The molecule has 1 aromatic rings. The highest BCUT2D eigenvalue weighted by Gasteiger charge is 2.54. The molecule has 0 heterocycles. The number of benzene rings is 1. The normalized spacial score (nSPS) is 21.2. The van der Waals surface area contributed by atoms with Gasteiger partial charge < -0.3 is 4.74 Å². The van der Waals surface area contributed by atoms with Crippen LogP contribution in [-0.4, -0.2) is 12.2 Å². The Hall–Kier alpha value is -1.30. The molecule has 1 unspecified atom stereocenters. The largest absolute Gasteiger partial charge is 0.370 e. The predicted octanol–water partition coefficient (Wildman–Crippen LogP) is 4.06. The van der Waals surface area contributed by atoms with E-state index in [2.05, 4.69) is 45.6 Å². The molecule has 0 saturated heterocycles. The molecular weight excluding hydrogens is 208 g/mol. The topological polar surface area (TPSA) is 9.23 Å². The average molecular weight is 228 g/mol. The van der Waals surface area contributed by atoms with Crippen LogP contribution in [0.1, 0.15) is 33.3 Å². The van der Waals surface area contributed by atoms with Gasteiger partial charge in [0.25, 0.3) is 0 Å². The Labute approximate surface area is 104 Å². The van der Waals surface area contributed by atoms with Gasteiger partial charge in [-0.05, 0) is 25.5 Å². The highest BCUT2D eigenvalue weighted by Crippen LogP contribution is 2.53. The monoisotopic (exact) mass is 228 g/mol. The summed E-state index contributed by atoms with van der Waals surface area (Å²) in [6.45, 7) is 8.57. The second kappa shape index (κ2) is 4.52. The minimum absolute atomic E-state index is 0.148. The fourth-order valence-corrected chi connectivity index (χ4v) is 1.99. The second-order valence-electron chi connectivity index (χ2n) is 5.40. The Morgan fingerprint density at radius 1 is 1.24 bits per heavy atom. The summed E-state index contributed by atoms with van der Waals surface area (Å²) >= 11 is 0. The first-order valence-corrected chi connectivity index (χ1v) is 6.19. The SMILES string of the molecule is CC(C)OC1C(=C=Cc2ccccc2)C1(C)C. The zero-order valence-corrected chi connectivity index (χ0v) is 11.0. The Balaban J connectivity index is 2.16. The highest BCUT2D eigenvalue weighted by atomic mass is 16.5. The third-order valence-electron chi connectivity index (χ3n) is 3.13. The van der Waals surface area contributed by atoms with Crippen molar-refractivity contribution in [1.82, 2.24) is 0 Å². The molecule has 0 aromatic heterocycles. The van der Waals surface area contributed by atoms with Crippen LogP contribution in [-0.2, 0) is 4.74 Å². The lowest BCUT2D eigenvalue weighted by Crippen LogP contribution is -2.08. The van der Waals surface area contributed by atoms with Gasteiger partial charge in [0.2, 0.25) is 0 Å². The van der Waals surface area contributed by atoms with Gasteiger partial charge in [-0.25, -0.2) is 0 Å². The maximum absolute atomic E-state index is 5.86. The molecule has 1 aliphatic rings. The molecule has 90 valence electrons. The fraction of sp³-hybridized carbons (Fsp3) is 0.438. The third-order valence-corrected chi connectivity index (χ3v) is 3.13. The molecule has 2 rings (SSSR count). The molecular formula is C16H20O. The molecule has 1 aliphatic carbocycles. The van der Waals surface area contributed by atoms with Crippen LogP contribution in [0.4, 0.5) is 0 Å². The van der Waals surface area contributed by atoms with Gasteiger partial charge in [-0.1, -0.05) is 44.2 Å². The first-order valence-electron chi connectivity index (χ1n) is 6.19. The van der Waals surface area contributed by atoms with E-state index in [1.54, 1.807) is 0 Å². The van der Waals surface area contributed by atoms with Crippen molar-refractivity contribution in [3.63, 3.8) is 0 Å². The molecule has 17 heavy (non-hydrogen) atoms. The minimum atomic E-state index is 0.148. The lowest BCUT2D eigenvalue weighted by atomic mass is 10.1. The molecule has 1 saturated carbocycles. The van der Waals surface area contributed by atoms with Crippen LogP contribution in [0.15, 0.2) is 41.6 Å². The number of hydrogen-bond donors (Lipinski definition) is 0. The van der Waals surface area contributed by atoms with E-state index in [0.29, 0.717) is 0 Å². The lowest BCUT2D eigenvalue weighted by molar-refractivity contribution is 0.0494. The van der Waals surface area contributed by atoms with Gasteiger partial charge in [-0.3, -0.25) is 0 Å². The van der Waals surface area contributed by atoms with Crippen LogP contribution < -0.4 is 0 Å². The Kier molecular flexibility index (Phi) is 3.24. The molecule has 1 aromatic carbocycles. The van der Waals surface area contributed by atoms with Gasteiger partial charge in [-0.15, -0.1) is 5.73 Å². The summed E-state index contributed by atoms with van der Waals surface area (Å²) in [6, 6.07) is 10.3. The van der Waals surface area contributed by atoms with Crippen molar-refractivity contribution in [3.8, 4) is 0 Å². The van der Waals surface area contributed by atoms with Crippen LogP contribution in [0.5, 0.6) is 0 Å². The van der Waals surface area contributed by atoms with Gasteiger partial charge in [0.05, 0.1) is 12.2 Å². The third kappa shape index (κ3) is 2.69. The summed E-state index contributed by atoms with van der Waals surface area (Å²) in [4.78, 5) is 0. The standard InChI is InChI=1S/C16H20O/c1-12(2)17-15-14(16(15,3)4)11-10-13-8-6-5-7-9-13/h5-10,12,15H,1-4H3. The van der Waals surface area contributed by atoms with Crippen molar-refractivity contribution >= 4 is 6.08 Å². The van der Waals surface area contributed by atoms with Crippen molar-refractivity contribution in [3.05, 3.63) is 47.2 Å². The molecule has 1 fully saturated rings. The molecule has 0 N–H and O–H groups in total. The highest BCUT2D eigenvalue weighted by molar-refractivity contribution is 5.52. The smallest absolute Gasteiger partial charge is 0.0963 e. The lowest BCUT2D eigenvalue weighted by Gasteiger charge is -2.06. The summed E-state index contributed by atoms with van der Waals surface area (Å²) in [6.07, 6.45) is 2.55. The quantitative estimate of drug-likeness (QED) is 0.709. The zero-order valence-electron chi connectivity index (χ0n) is 11.0. The molecule has 0 spiro atoms. The van der Waals surface area contributed by atoms with Crippen molar-refractivity contribution in [2.24, 2.45) is 5.41 Å². The minimum Gasteiger partial charge on any atom is -0.370 e. The van der Waals surface area contributed by atoms with Crippen LogP contribution in [0, 0.1) is 5.41 Å². The number of rotatable bonds is 3. The van der Waals surface area contributed by atoms with E-state index in [1.165, 1.54) is 11.1 Å². The van der Waals surface area contributed by atoms with Crippen molar-refractivity contribution in [1.29, 1.82) is 0 Å². The Bertz CT molecular complexity index is 448. The van der Waals surface area contributed by atoms with Gasteiger partial charge in [0.1, 0.15) is 0 Å². The molecule has 1 nitrogen and oxygen atoms in total. The molecule has 0 bridgehead atoms. The first kappa shape index (κ1) is 12.2. The van der Waals surface area contributed by atoms with E-state index in [1.807, 2.05) is 24.3 Å². The van der Waals surface area contributed by atoms with Crippen molar-refractivity contribution in [2.45, 2.75) is 39.9 Å². The summed E-state index contributed by atoms with van der Waals surface area (Å²) in [7, 11) is 0. The average Bonchev–Trinajstić information content (AvgIpc) is 2.78. The van der Waals surface area contributed by atoms with E-state index in [9.17, 15) is 0 Å². The van der Waals surface area contributed by atoms with Crippen LogP contribution in [0.3, 0.4) is 0 Å². The second-order valence-corrected chi connectivity index (χ2v) is 5.40. The van der Waals surface area contributed by atoms with Crippen LogP contribution in [0.2, 0.25) is 0 Å². The molecule has 0 radical (unpaired) electrons. The van der Waals surface area contributed by atoms with Crippen LogP contribution >= 0.6 is 0 Å². The van der Waals surface area contributed by atoms with Gasteiger partial charge >= 0.3 is 0 Å². The van der Waals surface area contributed by atoms with Gasteiger partial charge in [0.15, 0.2) is 0 Å². The molecule has 0 amide bonds. The summed E-state index contributed by atoms with van der Waals surface area (Å²) in [5.41, 5.74) is 5.99. The van der Waals surface area contributed by atoms with E-state index in [-0.39, 0.29) is 17.6 Å². The summed E-state index contributed by atoms with van der Waals surface area (Å²) in [5, 5.41) is 0. The molecule has 1 heteroatoms. The molecule has 1 atom stereocenters. The molecule has 0 aliphatic heterocycles.